The molecule has 4 rings (SSSR count). The molecule has 2 heterocycles. The average Bonchev–Trinajstić information content (AvgIpc) is 3.29. The first kappa shape index (κ1) is 18.3. The number of ether oxygens (including phenoxy) is 1. The van der Waals surface area contributed by atoms with E-state index in [0.29, 0.717) is 47.9 Å². The molecule has 1 saturated carbocycles. The van der Waals surface area contributed by atoms with Crippen molar-refractivity contribution in [2.24, 2.45) is 0 Å². The van der Waals surface area contributed by atoms with Crippen LogP contribution >= 0.6 is 11.6 Å². The topological polar surface area (TPSA) is 68.5 Å². The van der Waals surface area contributed by atoms with Crippen LogP contribution in [0.2, 0.25) is 5.02 Å². The number of benzene rings is 1. The van der Waals surface area contributed by atoms with E-state index < -0.39 is 0 Å². The van der Waals surface area contributed by atoms with Gasteiger partial charge in [-0.05, 0) is 30.5 Å². The van der Waals surface area contributed by atoms with Gasteiger partial charge in [0.2, 0.25) is 11.8 Å². The largest absolute Gasteiger partial charge is 0.495 e. The van der Waals surface area contributed by atoms with Crippen LogP contribution in [-0.2, 0) is 11.2 Å². The summed E-state index contributed by atoms with van der Waals surface area (Å²) in [4.78, 5) is 19.1. The molecule has 2 aliphatic rings. The molecule has 1 unspecified atom stereocenters. The molecule has 2 aromatic rings. The number of likely N-dealkylation sites (tertiary alicyclic amines) is 1. The van der Waals surface area contributed by atoms with Gasteiger partial charge in [0.25, 0.3) is 0 Å². The number of halogens is 1. The molecule has 7 heteroatoms. The molecule has 1 aromatic carbocycles. The molecule has 1 aliphatic carbocycles. The van der Waals surface area contributed by atoms with E-state index in [-0.39, 0.29) is 11.8 Å². The number of hydrogen-bond acceptors (Lipinski definition) is 5. The van der Waals surface area contributed by atoms with Crippen LogP contribution in [0.15, 0.2) is 22.7 Å². The Kier molecular flexibility index (Phi) is 5.34. The third kappa shape index (κ3) is 3.95. The number of rotatable bonds is 5. The fourth-order valence-electron chi connectivity index (χ4n) is 4.15. The van der Waals surface area contributed by atoms with Crippen molar-refractivity contribution in [2.45, 2.75) is 56.9 Å². The minimum absolute atomic E-state index is 0.0244. The van der Waals surface area contributed by atoms with Crippen molar-refractivity contribution in [3.8, 4) is 5.75 Å². The Hall–Kier alpha value is -2.08. The fourth-order valence-corrected chi connectivity index (χ4v) is 4.43. The van der Waals surface area contributed by atoms with Gasteiger partial charge in [0.05, 0.1) is 18.6 Å². The van der Waals surface area contributed by atoms with Crippen molar-refractivity contribution < 1.29 is 14.1 Å². The molecule has 27 heavy (non-hydrogen) atoms. The highest BCUT2D eigenvalue weighted by molar-refractivity contribution is 6.32. The van der Waals surface area contributed by atoms with Gasteiger partial charge in [0, 0.05) is 24.9 Å². The standard InChI is InChI=1S/C20H24ClN3O3/c1-26-17-8-7-13(9-16(17)21)10-18-22-20(23-27-18)14-11-19(25)24(12-14)15-5-3-2-4-6-15/h7-9,14-15H,2-6,10-12H2,1H3. The zero-order valence-corrected chi connectivity index (χ0v) is 16.2. The lowest BCUT2D eigenvalue weighted by Gasteiger charge is -2.31. The maximum absolute atomic E-state index is 12.5. The van der Waals surface area contributed by atoms with E-state index in [9.17, 15) is 4.79 Å². The number of methoxy groups -OCH3 is 1. The van der Waals surface area contributed by atoms with E-state index in [1.54, 1.807) is 7.11 Å². The van der Waals surface area contributed by atoms with Crippen LogP contribution in [0.25, 0.3) is 0 Å². The first-order valence-corrected chi connectivity index (χ1v) is 9.96. The van der Waals surface area contributed by atoms with Gasteiger partial charge in [-0.2, -0.15) is 4.98 Å². The molecule has 1 amide bonds. The van der Waals surface area contributed by atoms with E-state index in [1.165, 1.54) is 19.3 Å². The number of hydrogen-bond donors (Lipinski definition) is 0. The molecule has 0 radical (unpaired) electrons. The molecule has 1 saturated heterocycles. The Morgan fingerprint density at radius 1 is 1.30 bits per heavy atom. The summed E-state index contributed by atoms with van der Waals surface area (Å²) < 4.78 is 10.6. The van der Waals surface area contributed by atoms with Crippen LogP contribution in [0, 0.1) is 0 Å². The number of amides is 1. The molecular weight excluding hydrogens is 366 g/mol. The molecule has 1 aromatic heterocycles. The zero-order valence-electron chi connectivity index (χ0n) is 15.5. The van der Waals surface area contributed by atoms with Crippen LogP contribution in [0.4, 0.5) is 0 Å². The lowest BCUT2D eigenvalue weighted by atomic mass is 9.94. The van der Waals surface area contributed by atoms with Gasteiger partial charge in [-0.25, -0.2) is 0 Å². The van der Waals surface area contributed by atoms with Gasteiger partial charge in [0.15, 0.2) is 5.82 Å². The third-order valence-corrected chi connectivity index (χ3v) is 5.89. The molecule has 1 atom stereocenters. The summed E-state index contributed by atoms with van der Waals surface area (Å²) in [6.07, 6.45) is 6.94. The molecule has 144 valence electrons. The van der Waals surface area contributed by atoms with E-state index in [1.807, 2.05) is 23.1 Å². The summed E-state index contributed by atoms with van der Waals surface area (Å²) in [5.74, 6) is 2.06. The molecule has 6 nitrogen and oxygen atoms in total. The Balaban J connectivity index is 1.42. The first-order chi connectivity index (χ1) is 13.1. The van der Waals surface area contributed by atoms with E-state index in [4.69, 9.17) is 20.9 Å². The van der Waals surface area contributed by atoms with Gasteiger partial charge in [-0.15, -0.1) is 0 Å². The summed E-state index contributed by atoms with van der Waals surface area (Å²) in [5, 5.41) is 4.70. The predicted molar refractivity (Wildman–Crippen MR) is 101 cm³/mol. The smallest absolute Gasteiger partial charge is 0.231 e. The number of aromatic nitrogens is 2. The second-order valence-corrected chi connectivity index (χ2v) is 7.84. The van der Waals surface area contributed by atoms with Crippen LogP contribution < -0.4 is 4.74 Å². The molecule has 2 fully saturated rings. The second kappa shape index (κ2) is 7.89. The number of nitrogens with zero attached hydrogens (tertiary/aromatic N) is 3. The lowest BCUT2D eigenvalue weighted by molar-refractivity contribution is -0.130. The minimum Gasteiger partial charge on any atom is -0.495 e. The van der Waals surface area contributed by atoms with Crippen molar-refractivity contribution in [1.29, 1.82) is 0 Å². The fraction of sp³-hybridized carbons (Fsp3) is 0.550. The summed E-state index contributed by atoms with van der Waals surface area (Å²) in [7, 11) is 1.59. The van der Waals surface area contributed by atoms with E-state index in [2.05, 4.69) is 10.1 Å². The van der Waals surface area contributed by atoms with Crippen molar-refractivity contribution >= 4 is 17.5 Å². The van der Waals surface area contributed by atoms with E-state index in [0.717, 1.165) is 18.4 Å². The minimum atomic E-state index is 0.0244. The molecule has 0 N–H and O–H groups in total. The van der Waals surface area contributed by atoms with Crippen LogP contribution in [0.5, 0.6) is 5.75 Å². The van der Waals surface area contributed by atoms with Gasteiger partial charge < -0.3 is 14.2 Å². The third-order valence-electron chi connectivity index (χ3n) is 5.59. The normalized spacial score (nSPS) is 21.0. The van der Waals surface area contributed by atoms with Crippen molar-refractivity contribution in [3.05, 3.63) is 40.5 Å². The summed E-state index contributed by atoms with van der Waals surface area (Å²) >= 11 is 6.18. The second-order valence-electron chi connectivity index (χ2n) is 7.43. The van der Waals surface area contributed by atoms with Gasteiger partial charge in [-0.1, -0.05) is 42.1 Å². The van der Waals surface area contributed by atoms with E-state index >= 15 is 0 Å². The zero-order chi connectivity index (χ0) is 18.8. The number of carbonyl (C=O) groups is 1. The maximum Gasteiger partial charge on any atom is 0.231 e. The van der Waals surface area contributed by atoms with Crippen molar-refractivity contribution in [1.82, 2.24) is 15.0 Å². The lowest BCUT2D eigenvalue weighted by Crippen LogP contribution is -2.37. The van der Waals surface area contributed by atoms with Gasteiger partial charge in [0.1, 0.15) is 5.75 Å². The maximum atomic E-state index is 12.5. The highest BCUT2D eigenvalue weighted by Crippen LogP contribution is 2.32. The Morgan fingerprint density at radius 2 is 2.11 bits per heavy atom. The summed E-state index contributed by atoms with van der Waals surface area (Å²) in [5.41, 5.74) is 0.974. The molecular formula is C20H24ClN3O3. The van der Waals surface area contributed by atoms with Crippen LogP contribution in [0.3, 0.4) is 0 Å². The Morgan fingerprint density at radius 3 is 2.85 bits per heavy atom. The highest BCUT2D eigenvalue weighted by Gasteiger charge is 2.37. The number of carbonyl (C=O) groups excluding carboxylic acids is 1. The van der Waals surface area contributed by atoms with Crippen molar-refractivity contribution in [3.63, 3.8) is 0 Å². The van der Waals surface area contributed by atoms with Crippen LogP contribution in [0.1, 0.15) is 61.7 Å². The quantitative estimate of drug-likeness (QED) is 0.773. The SMILES string of the molecule is COc1ccc(Cc2nc(C3CC(=O)N(C4CCCCC4)C3)no2)cc1Cl. The molecule has 0 spiro atoms. The average molecular weight is 390 g/mol. The van der Waals surface area contributed by atoms with Crippen molar-refractivity contribution in [2.75, 3.05) is 13.7 Å². The summed E-state index contributed by atoms with van der Waals surface area (Å²) in [6, 6.07) is 5.99. The van der Waals surface area contributed by atoms with Gasteiger partial charge >= 0.3 is 0 Å². The molecule has 1 aliphatic heterocycles. The summed E-state index contributed by atoms with van der Waals surface area (Å²) in [6.45, 7) is 0.705. The first-order valence-electron chi connectivity index (χ1n) is 9.58. The Labute approximate surface area is 163 Å². The Bertz CT molecular complexity index is 817. The highest BCUT2D eigenvalue weighted by atomic mass is 35.5. The van der Waals surface area contributed by atoms with Crippen LogP contribution in [-0.4, -0.2) is 40.6 Å². The van der Waals surface area contributed by atoms with Gasteiger partial charge in [-0.3, -0.25) is 4.79 Å². The predicted octanol–water partition coefficient (Wildman–Crippen LogP) is 3.97. The monoisotopic (exact) mass is 389 g/mol. The molecule has 0 bridgehead atoms.